The summed E-state index contributed by atoms with van der Waals surface area (Å²) < 4.78 is 54.3. The van der Waals surface area contributed by atoms with Crippen molar-refractivity contribution < 1.29 is 32.2 Å². The summed E-state index contributed by atoms with van der Waals surface area (Å²) in [4.78, 5) is 33.2. The maximum Gasteiger partial charge on any atom is 0.416 e. The van der Waals surface area contributed by atoms with Gasteiger partial charge in [-0.2, -0.15) is 13.2 Å². The second kappa shape index (κ2) is 10.5. The monoisotopic (exact) mass is 593 g/mol. The molecule has 4 aliphatic rings. The molecule has 224 valence electrons. The van der Waals surface area contributed by atoms with Crippen LogP contribution in [0, 0.1) is 0 Å². The highest BCUT2D eigenvalue weighted by Crippen LogP contribution is 2.54. The third kappa shape index (κ3) is 5.40. The number of piperazine rings is 1. The molecule has 0 spiro atoms. The molecule has 7 rings (SSSR count). The number of benzene rings is 2. The average molecular weight is 594 g/mol. The Morgan fingerprint density at radius 2 is 1.93 bits per heavy atom. The summed E-state index contributed by atoms with van der Waals surface area (Å²) in [6.07, 6.45) is -2.43. The number of halogens is 3. The van der Waals surface area contributed by atoms with Crippen LogP contribution in [0.15, 0.2) is 48.7 Å². The van der Waals surface area contributed by atoms with E-state index < -0.39 is 17.6 Å². The van der Waals surface area contributed by atoms with Gasteiger partial charge in [-0.1, -0.05) is 6.07 Å². The van der Waals surface area contributed by atoms with Gasteiger partial charge in [0, 0.05) is 62.0 Å². The predicted molar refractivity (Wildman–Crippen MR) is 150 cm³/mol. The van der Waals surface area contributed by atoms with Gasteiger partial charge >= 0.3 is 6.18 Å². The van der Waals surface area contributed by atoms with Gasteiger partial charge in [0.2, 0.25) is 5.91 Å². The smallest absolute Gasteiger partial charge is 0.416 e. The Morgan fingerprint density at radius 3 is 2.72 bits per heavy atom. The SMILES string of the molecule is CN1CCN(Cc2ccc(C(=O)N[C@@H]3C4Oc5ccc(Oc6ccnc7c6CCC(=O)N7)cc5[C@H]43)cc2C(F)(F)F)CC1. The van der Waals surface area contributed by atoms with E-state index in [0.29, 0.717) is 49.0 Å². The fraction of sp³-hybridized carbons (Fsp3) is 0.387. The zero-order valence-electron chi connectivity index (χ0n) is 23.4. The van der Waals surface area contributed by atoms with E-state index in [0.717, 1.165) is 30.3 Å². The Labute approximate surface area is 246 Å². The Balaban J connectivity index is 1.04. The van der Waals surface area contributed by atoms with E-state index in [1.807, 2.05) is 18.0 Å². The summed E-state index contributed by atoms with van der Waals surface area (Å²) in [5.41, 5.74) is 1.03. The molecule has 3 atom stereocenters. The molecule has 4 heterocycles. The lowest BCUT2D eigenvalue weighted by atomic mass is 10.0. The molecule has 1 aromatic heterocycles. The highest BCUT2D eigenvalue weighted by molar-refractivity contribution is 5.95. The molecule has 2 N–H and O–H groups in total. The van der Waals surface area contributed by atoms with Crippen LogP contribution in [0.5, 0.6) is 17.2 Å². The van der Waals surface area contributed by atoms with Gasteiger partial charge < -0.3 is 25.0 Å². The molecule has 0 radical (unpaired) electrons. The molecular weight excluding hydrogens is 563 g/mol. The predicted octanol–water partition coefficient (Wildman–Crippen LogP) is 4.18. The third-order valence-corrected chi connectivity index (χ3v) is 8.62. The quantitative estimate of drug-likeness (QED) is 0.443. The number of carbonyl (C=O) groups is 2. The molecule has 3 aliphatic heterocycles. The molecule has 1 aliphatic carbocycles. The Morgan fingerprint density at radius 1 is 1.12 bits per heavy atom. The summed E-state index contributed by atoms with van der Waals surface area (Å²) in [7, 11) is 1.99. The van der Waals surface area contributed by atoms with Gasteiger partial charge in [-0.25, -0.2) is 4.98 Å². The highest BCUT2D eigenvalue weighted by Gasteiger charge is 2.59. The molecule has 1 saturated heterocycles. The molecule has 1 saturated carbocycles. The van der Waals surface area contributed by atoms with Crippen molar-refractivity contribution in [1.29, 1.82) is 0 Å². The van der Waals surface area contributed by atoms with Crippen molar-refractivity contribution in [2.45, 2.75) is 43.6 Å². The number of nitrogens with one attached hydrogen (secondary N) is 2. The van der Waals surface area contributed by atoms with Crippen LogP contribution in [0.1, 0.15) is 45.0 Å². The number of nitrogens with zero attached hydrogens (tertiary/aromatic N) is 3. The van der Waals surface area contributed by atoms with Crippen LogP contribution in [0.25, 0.3) is 0 Å². The Hall–Kier alpha value is -4.16. The summed E-state index contributed by atoms with van der Waals surface area (Å²) in [5.74, 6) is 1.55. The van der Waals surface area contributed by atoms with E-state index >= 15 is 0 Å². The molecule has 9 nitrogen and oxygen atoms in total. The van der Waals surface area contributed by atoms with Gasteiger partial charge in [0.05, 0.1) is 17.5 Å². The van der Waals surface area contributed by atoms with Crippen molar-refractivity contribution in [1.82, 2.24) is 20.1 Å². The van der Waals surface area contributed by atoms with Crippen molar-refractivity contribution >= 4 is 17.6 Å². The average Bonchev–Trinajstić information content (AvgIpc) is 3.49. The second-order valence-corrected chi connectivity index (χ2v) is 11.5. The van der Waals surface area contributed by atoms with Gasteiger partial charge in [-0.05, 0) is 55.4 Å². The van der Waals surface area contributed by atoms with E-state index in [1.165, 1.54) is 12.1 Å². The first-order valence-corrected chi connectivity index (χ1v) is 14.3. The van der Waals surface area contributed by atoms with Crippen molar-refractivity contribution in [2.75, 3.05) is 38.5 Å². The van der Waals surface area contributed by atoms with Gasteiger partial charge in [-0.3, -0.25) is 14.5 Å². The molecule has 2 amide bonds. The summed E-state index contributed by atoms with van der Waals surface area (Å²) >= 11 is 0. The number of alkyl halides is 3. The summed E-state index contributed by atoms with van der Waals surface area (Å²) in [6, 6.07) is 10.7. The van der Waals surface area contributed by atoms with Gasteiger partial charge in [0.25, 0.3) is 5.91 Å². The zero-order chi connectivity index (χ0) is 29.9. The van der Waals surface area contributed by atoms with Crippen LogP contribution in [0.3, 0.4) is 0 Å². The summed E-state index contributed by atoms with van der Waals surface area (Å²) in [5, 5.41) is 5.63. The van der Waals surface area contributed by atoms with Crippen LogP contribution in [-0.4, -0.2) is 72.0 Å². The molecule has 12 heteroatoms. The van der Waals surface area contributed by atoms with Gasteiger partial charge in [0.15, 0.2) is 0 Å². The molecular formula is C31H30F3N5O4. The standard InChI is InChI=1S/C31H30F3N5O4/c1-38-10-12-39(13-11-38)16-18-3-2-17(14-22(18)31(32,33)34)30(41)37-27-26-21-15-19(4-6-23(21)43-28(26)27)42-24-8-9-35-29-20(24)5-7-25(40)36-29/h2-4,6,8-9,14-15,26-28H,5,7,10-13,16H2,1H3,(H,37,41)(H,35,36,40)/t26-,27-,28?/m0/s1. The minimum atomic E-state index is -4.58. The molecule has 43 heavy (non-hydrogen) atoms. The maximum absolute atomic E-state index is 14.0. The highest BCUT2D eigenvalue weighted by atomic mass is 19.4. The van der Waals surface area contributed by atoms with Crippen molar-refractivity contribution in [3.05, 3.63) is 76.5 Å². The fourth-order valence-electron chi connectivity index (χ4n) is 6.16. The first-order valence-electron chi connectivity index (χ1n) is 14.3. The molecule has 1 unspecified atom stereocenters. The van der Waals surface area contributed by atoms with Crippen molar-refractivity contribution in [3.63, 3.8) is 0 Å². The number of fused-ring (bicyclic) bond motifs is 4. The third-order valence-electron chi connectivity index (χ3n) is 8.62. The first-order chi connectivity index (χ1) is 20.6. The lowest BCUT2D eigenvalue weighted by Crippen LogP contribution is -2.44. The number of likely N-dealkylation sites (N-methyl/N-ethyl adjacent to an activating group) is 1. The Kier molecular flexibility index (Phi) is 6.77. The molecule has 2 aromatic carbocycles. The number of hydrogen-bond acceptors (Lipinski definition) is 7. The second-order valence-electron chi connectivity index (χ2n) is 11.5. The normalized spacial score (nSPS) is 23.0. The molecule has 0 bridgehead atoms. The summed E-state index contributed by atoms with van der Waals surface area (Å²) in [6.45, 7) is 3.17. The number of pyridine rings is 1. The topological polar surface area (TPSA) is 96.0 Å². The van der Waals surface area contributed by atoms with Crippen LogP contribution in [-0.2, 0) is 23.9 Å². The van der Waals surface area contributed by atoms with Gasteiger partial charge in [0.1, 0.15) is 29.2 Å². The molecule has 2 fully saturated rings. The van der Waals surface area contributed by atoms with E-state index in [4.69, 9.17) is 9.47 Å². The number of rotatable bonds is 6. The van der Waals surface area contributed by atoms with Crippen LogP contribution >= 0.6 is 0 Å². The lowest BCUT2D eigenvalue weighted by molar-refractivity contribution is -0.138. The number of hydrogen-bond donors (Lipinski definition) is 2. The van der Waals surface area contributed by atoms with Crippen LogP contribution in [0.4, 0.5) is 19.0 Å². The number of carbonyl (C=O) groups excluding carboxylic acids is 2. The minimum absolute atomic E-state index is 0.0358. The van der Waals surface area contributed by atoms with E-state index in [1.54, 1.807) is 24.4 Å². The van der Waals surface area contributed by atoms with Crippen molar-refractivity contribution in [2.24, 2.45) is 0 Å². The Bertz CT molecular complexity index is 1600. The van der Waals surface area contributed by atoms with E-state index in [9.17, 15) is 22.8 Å². The van der Waals surface area contributed by atoms with Crippen molar-refractivity contribution in [3.8, 4) is 17.2 Å². The largest absolute Gasteiger partial charge is 0.487 e. The lowest BCUT2D eigenvalue weighted by Gasteiger charge is -2.33. The first kappa shape index (κ1) is 27.7. The van der Waals surface area contributed by atoms with E-state index in [2.05, 4.69) is 20.5 Å². The number of amides is 2. The minimum Gasteiger partial charge on any atom is -0.487 e. The number of aromatic nitrogens is 1. The van der Waals surface area contributed by atoms with Gasteiger partial charge in [-0.15, -0.1) is 0 Å². The number of ether oxygens (including phenoxy) is 2. The number of anilines is 1. The fourth-order valence-corrected chi connectivity index (χ4v) is 6.16. The van der Waals surface area contributed by atoms with E-state index in [-0.39, 0.29) is 41.6 Å². The van der Waals surface area contributed by atoms with Crippen LogP contribution < -0.4 is 20.1 Å². The molecule has 3 aromatic rings. The maximum atomic E-state index is 14.0. The van der Waals surface area contributed by atoms with Crippen LogP contribution in [0.2, 0.25) is 0 Å². The zero-order valence-corrected chi connectivity index (χ0v) is 23.4.